The summed E-state index contributed by atoms with van der Waals surface area (Å²) in [5.74, 6) is -0.819. The van der Waals surface area contributed by atoms with Gasteiger partial charge in [0, 0.05) is 11.3 Å². The average Bonchev–Trinajstić information content (AvgIpc) is 2.70. The van der Waals surface area contributed by atoms with Crippen molar-refractivity contribution >= 4 is 27.8 Å². The Labute approximate surface area is 161 Å². The van der Waals surface area contributed by atoms with Gasteiger partial charge in [-0.15, -0.1) is 0 Å². The first kappa shape index (κ1) is 19.2. The molecule has 0 aromatic heterocycles. The van der Waals surface area contributed by atoms with Gasteiger partial charge in [0.25, 0.3) is 15.9 Å². The van der Waals surface area contributed by atoms with Gasteiger partial charge in [-0.1, -0.05) is 30.3 Å². The first-order valence-corrected chi connectivity index (χ1v) is 9.69. The molecule has 142 valence electrons. The Bertz CT molecular complexity index is 1080. The minimum atomic E-state index is -3.70. The van der Waals surface area contributed by atoms with Crippen molar-refractivity contribution in [1.29, 1.82) is 0 Å². The zero-order valence-electron chi connectivity index (χ0n) is 14.5. The van der Waals surface area contributed by atoms with Gasteiger partial charge < -0.3 is 0 Å². The number of rotatable bonds is 6. The molecule has 3 aromatic rings. The topological polar surface area (TPSA) is 87.6 Å². The third-order valence-corrected chi connectivity index (χ3v) is 5.10. The van der Waals surface area contributed by atoms with Crippen LogP contribution in [0.15, 0.2) is 88.9 Å². The number of hydrazone groups is 1. The van der Waals surface area contributed by atoms with Crippen molar-refractivity contribution in [3.8, 4) is 0 Å². The largest absolute Gasteiger partial charge is 0.280 e. The molecule has 0 spiro atoms. The molecule has 8 heteroatoms. The van der Waals surface area contributed by atoms with Gasteiger partial charge in [0.05, 0.1) is 11.1 Å². The van der Waals surface area contributed by atoms with E-state index in [0.717, 1.165) is 0 Å². The molecule has 0 saturated carbocycles. The van der Waals surface area contributed by atoms with Crippen LogP contribution >= 0.6 is 0 Å². The van der Waals surface area contributed by atoms with E-state index in [9.17, 15) is 17.6 Å². The molecule has 1 amide bonds. The highest BCUT2D eigenvalue weighted by molar-refractivity contribution is 7.92. The van der Waals surface area contributed by atoms with E-state index in [1.165, 1.54) is 66.9 Å². The van der Waals surface area contributed by atoms with Crippen LogP contribution in [0.3, 0.4) is 0 Å². The van der Waals surface area contributed by atoms with Gasteiger partial charge in [0.2, 0.25) is 0 Å². The van der Waals surface area contributed by atoms with Gasteiger partial charge in [0.1, 0.15) is 5.82 Å². The number of anilines is 1. The number of hydrogen-bond donors (Lipinski definition) is 2. The van der Waals surface area contributed by atoms with E-state index in [0.29, 0.717) is 16.8 Å². The number of carbonyl (C=O) groups is 1. The molecule has 0 fully saturated rings. The monoisotopic (exact) mass is 397 g/mol. The lowest BCUT2D eigenvalue weighted by Gasteiger charge is -2.08. The van der Waals surface area contributed by atoms with Crippen molar-refractivity contribution < 1.29 is 17.6 Å². The van der Waals surface area contributed by atoms with Crippen LogP contribution in [-0.4, -0.2) is 20.5 Å². The van der Waals surface area contributed by atoms with Crippen LogP contribution in [0, 0.1) is 5.82 Å². The van der Waals surface area contributed by atoms with Crippen LogP contribution in [0.4, 0.5) is 10.1 Å². The van der Waals surface area contributed by atoms with E-state index in [-0.39, 0.29) is 10.7 Å². The van der Waals surface area contributed by atoms with Crippen LogP contribution in [0.1, 0.15) is 15.9 Å². The minimum Gasteiger partial charge on any atom is -0.280 e. The highest BCUT2D eigenvalue weighted by Gasteiger charge is 2.13. The van der Waals surface area contributed by atoms with Crippen molar-refractivity contribution in [3.63, 3.8) is 0 Å². The van der Waals surface area contributed by atoms with Gasteiger partial charge in [-0.2, -0.15) is 5.10 Å². The Morgan fingerprint density at radius 1 is 0.893 bits per heavy atom. The molecular weight excluding hydrogens is 381 g/mol. The van der Waals surface area contributed by atoms with E-state index >= 15 is 0 Å². The van der Waals surface area contributed by atoms with E-state index in [2.05, 4.69) is 15.2 Å². The van der Waals surface area contributed by atoms with Crippen LogP contribution in [0.25, 0.3) is 0 Å². The average molecular weight is 397 g/mol. The van der Waals surface area contributed by atoms with Gasteiger partial charge in [-0.3, -0.25) is 9.52 Å². The van der Waals surface area contributed by atoms with Crippen molar-refractivity contribution in [2.45, 2.75) is 4.90 Å². The number of carbonyl (C=O) groups excluding carboxylic acids is 1. The number of nitrogens with zero attached hydrogens (tertiary/aromatic N) is 1. The second-order valence-electron chi connectivity index (χ2n) is 5.75. The summed E-state index contributed by atoms with van der Waals surface area (Å²) in [6.45, 7) is 0. The molecule has 0 heterocycles. The fraction of sp³-hybridized carbons (Fsp3) is 0. The summed E-state index contributed by atoms with van der Waals surface area (Å²) in [6, 6.07) is 19.5. The van der Waals surface area contributed by atoms with Crippen LogP contribution < -0.4 is 10.1 Å². The van der Waals surface area contributed by atoms with E-state index < -0.39 is 15.9 Å². The number of halogens is 1. The van der Waals surface area contributed by atoms with Crippen molar-refractivity contribution in [2.75, 3.05) is 4.72 Å². The lowest BCUT2D eigenvalue weighted by atomic mass is 10.2. The third-order valence-electron chi connectivity index (χ3n) is 3.70. The third kappa shape index (κ3) is 5.01. The Morgan fingerprint density at radius 3 is 2.18 bits per heavy atom. The fourth-order valence-corrected chi connectivity index (χ4v) is 3.36. The molecule has 0 saturated heterocycles. The van der Waals surface area contributed by atoms with Crippen LogP contribution in [0.5, 0.6) is 0 Å². The fourth-order valence-electron chi connectivity index (χ4n) is 2.28. The summed E-state index contributed by atoms with van der Waals surface area (Å²) >= 11 is 0. The number of hydrogen-bond acceptors (Lipinski definition) is 4. The zero-order chi connectivity index (χ0) is 20.0. The molecule has 3 rings (SSSR count). The minimum absolute atomic E-state index is 0.145. The summed E-state index contributed by atoms with van der Waals surface area (Å²) in [7, 11) is -3.70. The van der Waals surface area contributed by atoms with Gasteiger partial charge in [-0.05, 0) is 54.1 Å². The van der Waals surface area contributed by atoms with E-state index in [4.69, 9.17) is 0 Å². The normalized spacial score (nSPS) is 11.3. The Kier molecular flexibility index (Phi) is 5.81. The Hall–Kier alpha value is -3.52. The molecule has 0 aliphatic heterocycles. The Balaban J connectivity index is 1.62. The molecule has 0 atom stereocenters. The predicted octanol–water partition coefficient (Wildman–Crippen LogP) is 3.39. The van der Waals surface area contributed by atoms with Crippen LogP contribution in [-0.2, 0) is 10.0 Å². The second kappa shape index (κ2) is 8.45. The standard InChI is InChI=1S/C20H16FN3O3S/c21-17-10-6-15(7-11-17)14-22-23-20(25)16-8-12-18(13-9-16)24-28(26,27)19-4-2-1-3-5-19/h1-14,24H,(H,23,25)/b22-14-. The summed E-state index contributed by atoms with van der Waals surface area (Å²) < 4.78 is 39.9. The maximum Gasteiger partial charge on any atom is 0.271 e. The highest BCUT2D eigenvalue weighted by atomic mass is 32.2. The lowest BCUT2D eigenvalue weighted by molar-refractivity contribution is 0.0955. The molecule has 28 heavy (non-hydrogen) atoms. The number of nitrogens with one attached hydrogen (secondary N) is 2. The van der Waals surface area contributed by atoms with Gasteiger partial charge >= 0.3 is 0 Å². The molecule has 6 nitrogen and oxygen atoms in total. The first-order valence-electron chi connectivity index (χ1n) is 8.21. The van der Waals surface area contributed by atoms with Gasteiger partial charge in [0.15, 0.2) is 0 Å². The maximum atomic E-state index is 12.8. The quantitative estimate of drug-likeness (QED) is 0.494. The molecule has 3 aromatic carbocycles. The summed E-state index contributed by atoms with van der Waals surface area (Å²) in [5.41, 5.74) is 3.62. The van der Waals surface area contributed by atoms with E-state index in [1.54, 1.807) is 18.2 Å². The first-order chi connectivity index (χ1) is 13.4. The molecule has 0 unspecified atom stereocenters. The lowest BCUT2D eigenvalue weighted by Crippen LogP contribution is -2.18. The predicted molar refractivity (Wildman–Crippen MR) is 105 cm³/mol. The van der Waals surface area contributed by atoms with Crippen LogP contribution in [0.2, 0.25) is 0 Å². The number of amides is 1. The molecule has 0 aliphatic carbocycles. The number of benzene rings is 3. The molecular formula is C20H16FN3O3S. The molecule has 0 aliphatic rings. The highest BCUT2D eigenvalue weighted by Crippen LogP contribution is 2.16. The molecule has 0 radical (unpaired) electrons. The van der Waals surface area contributed by atoms with Gasteiger partial charge in [-0.25, -0.2) is 18.2 Å². The number of sulfonamides is 1. The van der Waals surface area contributed by atoms with E-state index in [1.807, 2.05) is 0 Å². The van der Waals surface area contributed by atoms with Crippen molar-refractivity contribution in [3.05, 3.63) is 95.8 Å². The second-order valence-corrected chi connectivity index (χ2v) is 7.43. The Morgan fingerprint density at radius 2 is 1.54 bits per heavy atom. The molecule has 0 bridgehead atoms. The van der Waals surface area contributed by atoms with Crippen molar-refractivity contribution in [2.24, 2.45) is 5.10 Å². The SMILES string of the molecule is O=C(N/N=C\c1ccc(F)cc1)c1ccc(NS(=O)(=O)c2ccccc2)cc1. The summed E-state index contributed by atoms with van der Waals surface area (Å²) in [6.07, 6.45) is 1.39. The summed E-state index contributed by atoms with van der Waals surface area (Å²) in [4.78, 5) is 12.2. The zero-order valence-corrected chi connectivity index (χ0v) is 15.4. The maximum absolute atomic E-state index is 12.8. The molecule has 2 N–H and O–H groups in total. The smallest absolute Gasteiger partial charge is 0.271 e. The van der Waals surface area contributed by atoms with Crippen molar-refractivity contribution in [1.82, 2.24) is 5.43 Å². The summed E-state index contributed by atoms with van der Waals surface area (Å²) in [5, 5.41) is 3.81.